The normalized spacial score (nSPS) is 11.7. The lowest BCUT2D eigenvalue weighted by molar-refractivity contribution is 0.421. The van der Waals surface area contributed by atoms with Crippen LogP contribution in [0.3, 0.4) is 0 Å². The first-order valence-electron chi connectivity index (χ1n) is 6.73. The average molecular weight is 271 g/mol. The first kappa shape index (κ1) is 14.5. The maximum Gasteiger partial charge on any atom is 0.178 e. The van der Waals surface area contributed by atoms with E-state index in [2.05, 4.69) is 46.0 Å². The van der Waals surface area contributed by atoms with E-state index in [9.17, 15) is 0 Å². The molecular weight excluding hydrogens is 250 g/mol. The molecule has 5 heteroatoms. The molecule has 0 atom stereocenters. The molecule has 0 amide bonds. The highest BCUT2D eigenvalue weighted by atomic mass is 15.0. The van der Waals surface area contributed by atoms with Crippen molar-refractivity contribution in [3.8, 4) is 11.5 Å². The third kappa shape index (κ3) is 4.06. The van der Waals surface area contributed by atoms with Crippen LogP contribution in [0, 0.1) is 13.8 Å². The van der Waals surface area contributed by atoms with E-state index in [1.807, 2.05) is 26.0 Å². The quantitative estimate of drug-likeness (QED) is 0.929. The van der Waals surface area contributed by atoms with Crippen molar-refractivity contribution in [2.45, 2.75) is 46.7 Å². The third-order valence-corrected chi connectivity index (χ3v) is 2.71. The Labute approximate surface area is 119 Å². The molecular formula is C15H21N5. The number of hydrogen-bond donors (Lipinski definition) is 1. The van der Waals surface area contributed by atoms with Crippen LogP contribution < -0.4 is 5.32 Å². The molecule has 2 aromatic rings. The second kappa shape index (κ2) is 5.63. The molecule has 1 N–H and O–H groups in total. The summed E-state index contributed by atoms with van der Waals surface area (Å²) in [5.41, 5.74) is 2.73. The van der Waals surface area contributed by atoms with E-state index >= 15 is 0 Å². The van der Waals surface area contributed by atoms with Crippen molar-refractivity contribution in [3.63, 3.8) is 0 Å². The lowest BCUT2D eigenvalue weighted by Crippen LogP contribution is -2.35. The summed E-state index contributed by atoms with van der Waals surface area (Å²) in [6.07, 6.45) is 1.73. The van der Waals surface area contributed by atoms with Crippen LogP contribution in [-0.4, -0.2) is 25.5 Å². The zero-order chi connectivity index (χ0) is 14.8. The van der Waals surface area contributed by atoms with Gasteiger partial charge in [-0.25, -0.2) is 19.9 Å². The fourth-order valence-electron chi connectivity index (χ4n) is 1.78. The minimum absolute atomic E-state index is 0.0600. The van der Waals surface area contributed by atoms with Crippen LogP contribution in [0.5, 0.6) is 0 Å². The molecule has 0 saturated carbocycles. The van der Waals surface area contributed by atoms with Gasteiger partial charge in [0.15, 0.2) is 5.82 Å². The summed E-state index contributed by atoms with van der Waals surface area (Å²) in [5.74, 6) is 1.38. The molecule has 0 spiro atoms. The SMILES string of the molecule is Cc1cc(CNC(C)(C)C)nc(-c2ccnc(C)n2)n1. The standard InChI is InChI=1S/C15H21N5/c1-10-8-12(9-17-15(3,4)5)20-14(18-10)13-6-7-16-11(2)19-13/h6-8,17H,9H2,1-5H3. The van der Waals surface area contributed by atoms with Crippen LogP contribution in [-0.2, 0) is 6.54 Å². The molecule has 0 aromatic carbocycles. The first-order chi connectivity index (χ1) is 9.33. The van der Waals surface area contributed by atoms with Gasteiger partial charge in [-0.05, 0) is 46.8 Å². The van der Waals surface area contributed by atoms with Crippen LogP contribution in [0.25, 0.3) is 11.5 Å². The fraction of sp³-hybridized carbons (Fsp3) is 0.467. The summed E-state index contributed by atoms with van der Waals surface area (Å²) in [5, 5.41) is 3.43. The van der Waals surface area contributed by atoms with Crippen LogP contribution in [0.15, 0.2) is 18.3 Å². The van der Waals surface area contributed by atoms with E-state index in [1.165, 1.54) is 0 Å². The summed E-state index contributed by atoms with van der Waals surface area (Å²) >= 11 is 0. The van der Waals surface area contributed by atoms with Crippen molar-refractivity contribution < 1.29 is 0 Å². The van der Waals surface area contributed by atoms with E-state index in [4.69, 9.17) is 0 Å². The molecule has 0 aliphatic carbocycles. The largest absolute Gasteiger partial charge is 0.306 e. The fourth-order valence-corrected chi connectivity index (χ4v) is 1.78. The van der Waals surface area contributed by atoms with Gasteiger partial charge >= 0.3 is 0 Å². The minimum atomic E-state index is 0.0600. The molecule has 106 valence electrons. The Morgan fingerprint density at radius 3 is 2.50 bits per heavy atom. The van der Waals surface area contributed by atoms with Crippen molar-refractivity contribution in [1.82, 2.24) is 25.3 Å². The van der Waals surface area contributed by atoms with Crippen LogP contribution in [0.1, 0.15) is 38.0 Å². The molecule has 0 saturated heterocycles. The molecule has 0 bridgehead atoms. The van der Waals surface area contributed by atoms with Gasteiger partial charge in [0.2, 0.25) is 0 Å². The molecule has 0 radical (unpaired) electrons. The Bertz CT molecular complexity index is 601. The summed E-state index contributed by atoms with van der Waals surface area (Å²) in [6, 6.07) is 3.83. The number of aryl methyl sites for hydroxylation is 2. The predicted octanol–water partition coefficient (Wildman–Crippen LogP) is 2.44. The predicted molar refractivity (Wildman–Crippen MR) is 79.1 cm³/mol. The van der Waals surface area contributed by atoms with Crippen molar-refractivity contribution in [2.24, 2.45) is 0 Å². The minimum Gasteiger partial charge on any atom is -0.306 e. The monoisotopic (exact) mass is 271 g/mol. The molecule has 0 aliphatic heterocycles. The lowest BCUT2D eigenvalue weighted by Gasteiger charge is -2.20. The topological polar surface area (TPSA) is 63.6 Å². The zero-order valence-corrected chi connectivity index (χ0v) is 12.7. The van der Waals surface area contributed by atoms with E-state index in [-0.39, 0.29) is 5.54 Å². The Morgan fingerprint density at radius 1 is 1.10 bits per heavy atom. The number of aromatic nitrogens is 4. The zero-order valence-electron chi connectivity index (χ0n) is 12.7. The number of nitrogens with one attached hydrogen (secondary N) is 1. The van der Waals surface area contributed by atoms with Gasteiger partial charge in [-0.2, -0.15) is 0 Å². The van der Waals surface area contributed by atoms with E-state index in [0.29, 0.717) is 12.4 Å². The van der Waals surface area contributed by atoms with Crippen molar-refractivity contribution in [1.29, 1.82) is 0 Å². The smallest absolute Gasteiger partial charge is 0.178 e. The first-order valence-corrected chi connectivity index (χ1v) is 6.73. The van der Waals surface area contributed by atoms with Gasteiger partial charge in [0.25, 0.3) is 0 Å². The van der Waals surface area contributed by atoms with Crippen LogP contribution in [0.4, 0.5) is 0 Å². The number of nitrogens with zero attached hydrogens (tertiary/aromatic N) is 4. The third-order valence-electron chi connectivity index (χ3n) is 2.71. The van der Waals surface area contributed by atoms with Crippen LogP contribution >= 0.6 is 0 Å². The molecule has 0 fully saturated rings. The van der Waals surface area contributed by atoms with Crippen LogP contribution in [0.2, 0.25) is 0 Å². The molecule has 2 heterocycles. The lowest BCUT2D eigenvalue weighted by atomic mass is 10.1. The van der Waals surface area contributed by atoms with Gasteiger partial charge in [0.05, 0.1) is 5.69 Å². The van der Waals surface area contributed by atoms with Crippen molar-refractivity contribution >= 4 is 0 Å². The summed E-state index contributed by atoms with van der Waals surface area (Å²) in [4.78, 5) is 17.5. The molecule has 0 unspecified atom stereocenters. The van der Waals surface area contributed by atoms with Gasteiger partial charge < -0.3 is 5.32 Å². The van der Waals surface area contributed by atoms with Gasteiger partial charge in [0, 0.05) is 24.0 Å². The molecule has 20 heavy (non-hydrogen) atoms. The Hall–Kier alpha value is -1.88. The molecule has 2 rings (SSSR count). The Morgan fingerprint density at radius 2 is 1.85 bits per heavy atom. The van der Waals surface area contributed by atoms with E-state index < -0.39 is 0 Å². The second-order valence-corrected chi connectivity index (χ2v) is 5.92. The van der Waals surface area contributed by atoms with E-state index in [0.717, 1.165) is 22.9 Å². The second-order valence-electron chi connectivity index (χ2n) is 5.92. The average Bonchev–Trinajstić information content (AvgIpc) is 2.35. The highest BCUT2D eigenvalue weighted by Gasteiger charge is 2.11. The van der Waals surface area contributed by atoms with Crippen molar-refractivity contribution in [2.75, 3.05) is 0 Å². The summed E-state index contributed by atoms with van der Waals surface area (Å²) in [6.45, 7) is 11.0. The molecule has 2 aromatic heterocycles. The highest BCUT2D eigenvalue weighted by molar-refractivity contribution is 5.48. The summed E-state index contributed by atoms with van der Waals surface area (Å²) < 4.78 is 0. The maximum absolute atomic E-state index is 4.58. The molecule has 5 nitrogen and oxygen atoms in total. The van der Waals surface area contributed by atoms with Gasteiger partial charge in [0.1, 0.15) is 11.5 Å². The molecule has 0 aliphatic rings. The van der Waals surface area contributed by atoms with Gasteiger partial charge in [-0.3, -0.25) is 0 Å². The highest BCUT2D eigenvalue weighted by Crippen LogP contribution is 2.13. The van der Waals surface area contributed by atoms with Crippen molar-refractivity contribution in [3.05, 3.63) is 35.5 Å². The number of rotatable bonds is 3. The van der Waals surface area contributed by atoms with E-state index in [1.54, 1.807) is 6.20 Å². The number of hydrogen-bond acceptors (Lipinski definition) is 5. The summed E-state index contributed by atoms with van der Waals surface area (Å²) in [7, 11) is 0. The Balaban J connectivity index is 2.29. The Kier molecular flexibility index (Phi) is 4.09. The maximum atomic E-state index is 4.58. The van der Waals surface area contributed by atoms with Gasteiger partial charge in [-0.1, -0.05) is 0 Å². The van der Waals surface area contributed by atoms with Gasteiger partial charge in [-0.15, -0.1) is 0 Å².